The molecule has 1 unspecified atom stereocenters. The molecule has 3 aromatic rings. The zero-order valence-corrected chi connectivity index (χ0v) is 12.6. The van der Waals surface area contributed by atoms with Crippen molar-refractivity contribution in [2.75, 3.05) is 0 Å². The van der Waals surface area contributed by atoms with Crippen LogP contribution in [0.1, 0.15) is 18.9 Å². The molecule has 108 valence electrons. The van der Waals surface area contributed by atoms with E-state index in [2.05, 4.69) is 39.0 Å². The number of hydrogen-bond acceptors (Lipinski definition) is 5. The molecule has 1 atom stereocenters. The molecule has 0 aliphatic rings. The Bertz CT molecular complexity index is 740. The molecule has 6 heteroatoms. The van der Waals surface area contributed by atoms with E-state index in [9.17, 15) is 0 Å². The highest BCUT2D eigenvalue weighted by atomic mass is 32.2. The van der Waals surface area contributed by atoms with Crippen molar-refractivity contribution < 1.29 is 0 Å². The van der Waals surface area contributed by atoms with Gasteiger partial charge in [0.1, 0.15) is 16.9 Å². The van der Waals surface area contributed by atoms with E-state index in [4.69, 9.17) is 5.73 Å². The van der Waals surface area contributed by atoms with Crippen LogP contribution in [0, 0.1) is 0 Å². The third-order valence-corrected chi connectivity index (χ3v) is 4.49. The Morgan fingerprint density at radius 2 is 2.10 bits per heavy atom. The van der Waals surface area contributed by atoms with Crippen LogP contribution in [-0.4, -0.2) is 26.0 Å². The van der Waals surface area contributed by atoms with Gasteiger partial charge in [-0.1, -0.05) is 36.9 Å². The van der Waals surface area contributed by atoms with Gasteiger partial charge in [-0.05, 0) is 24.5 Å². The zero-order valence-electron chi connectivity index (χ0n) is 11.8. The molecule has 0 fully saturated rings. The fourth-order valence-corrected chi connectivity index (χ4v) is 3.11. The lowest BCUT2D eigenvalue weighted by atomic mass is 10.1. The molecule has 5 nitrogen and oxygen atoms in total. The van der Waals surface area contributed by atoms with Gasteiger partial charge in [0.15, 0.2) is 5.65 Å². The maximum Gasteiger partial charge on any atom is 0.181 e. The largest absolute Gasteiger partial charge is 0.341 e. The molecule has 0 amide bonds. The smallest absolute Gasteiger partial charge is 0.181 e. The van der Waals surface area contributed by atoms with Crippen molar-refractivity contribution >= 4 is 22.9 Å². The van der Waals surface area contributed by atoms with Gasteiger partial charge in [-0.2, -0.15) is 0 Å². The lowest BCUT2D eigenvalue weighted by Crippen LogP contribution is -2.21. The molecule has 0 bridgehead atoms. The summed E-state index contributed by atoms with van der Waals surface area (Å²) in [7, 11) is 0. The molecular formula is C15H17N5S. The van der Waals surface area contributed by atoms with E-state index in [1.54, 1.807) is 24.4 Å². The first-order valence-corrected chi connectivity index (χ1v) is 7.75. The van der Waals surface area contributed by atoms with Crippen molar-refractivity contribution in [2.24, 2.45) is 5.73 Å². The van der Waals surface area contributed by atoms with Gasteiger partial charge in [0.2, 0.25) is 0 Å². The van der Waals surface area contributed by atoms with Crippen molar-refractivity contribution in [1.82, 2.24) is 19.9 Å². The second kappa shape index (κ2) is 6.24. The summed E-state index contributed by atoms with van der Waals surface area (Å²) in [4.78, 5) is 16.9. The molecule has 0 spiro atoms. The van der Waals surface area contributed by atoms with Crippen LogP contribution < -0.4 is 5.73 Å². The number of imidazole rings is 1. The van der Waals surface area contributed by atoms with E-state index in [0.29, 0.717) is 5.65 Å². The summed E-state index contributed by atoms with van der Waals surface area (Å²) in [5.41, 5.74) is 8.91. The minimum atomic E-state index is 0.185. The molecule has 0 saturated heterocycles. The van der Waals surface area contributed by atoms with Crippen LogP contribution >= 0.6 is 11.8 Å². The summed E-state index contributed by atoms with van der Waals surface area (Å²) in [6.45, 7) is 2.11. The number of benzene rings is 1. The maximum absolute atomic E-state index is 6.09. The molecule has 0 radical (unpaired) electrons. The van der Waals surface area contributed by atoms with Crippen LogP contribution in [0.2, 0.25) is 0 Å². The summed E-state index contributed by atoms with van der Waals surface area (Å²) in [6.07, 6.45) is 5.03. The minimum Gasteiger partial charge on any atom is -0.341 e. The second-order valence-electron chi connectivity index (χ2n) is 4.86. The number of aromatic amines is 1. The lowest BCUT2D eigenvalue weighted by molar-refractivity contribution is 0.641. The Morgan fingerprint density at radius 3 is 2.95 bits per heavy atom. The fraction of sp³-hybridized carbons (Fsp3) is 0.267. The van der Waals surface area contributed by atoms with Gasteiger partial charge in [-0.15, -0.1) is 0 Å². The number of rotatable bonds is 5. The molecule has 3 rings (SSSR count). The van der Waals surface area contributed by atoms with Gasteiger partial charge >= 0.3 is 0 Å². The van der Waals surface area contributed by atoms with E-state index in [1.807, 2.05) is 12.1 Å². The highest BCUT2D eigenvalue weighted by Crippen LogP contribution is 2.32. The van der Waals surface area contributed by atoms with E-state index < -0.39 is 0 Å². The maximum atomic E-state index is 6.09. The average molecular weight is 299 g/mol. The van der Waals surface area contributed by atoms with Crippen LogP contribution in [-0.2, 0) is 6.42 Å². The van der Waals surface area contributed by atoms with Crippen LogP contribution in [0.3, 0.4) is 0 Å². The van der Waals surface area contributed by atoms with Gasteiger partial charge in [-0.3, -0.25) is 0 Å². The number of fused-ring (bicyclic) bond motifs is 1. The number of aromatic nitrogens is 4. The van der Waals surface area contributed by atoms with E-state index in [-0.39, 0.29) is 6.04 Å². The molecular weight excluding hydrogens is 282 g/mol. The molecule has 2 heterocycles. The highest BCUT2D eigenvalue weighted by molar-refractivity contribution is 7.99. The first kappa shape index (κ1) is 14.0. The van der Waals surface area contributed by atoms with Gasteiger partial charge in [0.25, 0.3) is 0 Å². The Morgan fingerprint density at radius 1 is 1.24 bits per heavy atom. The van der Waals surface area contributed by atoms with Crippen molar-refractivity contribution in [3.63, 3.8) is 0 Å². The second-order valence-corrected chi connectivity index (χ2v) is 5.89. The SMILES string of the molecule is CCC(N)Cc1ccccc1Sc1ncnc2nc[nH]c12. The normalized spacial score (nSPS) is 12.7. The Balaban J connectivity index is 1.93. The van der Waals surface area contributed by atoms with Gasteiger partial charge in [0.05, 0.1) is 6.33 Å². The molecule has 2 aromatic heterocycles. The monoisotopic (exact) mass is 299 g/mol. The van der Waals surface area contributed by atoms with E-state index >= 15 is 0 Å². The molecule has 1 aromatic carbocycles. The average Bonchev–Trinajstić information content (AvgIpc) is 2.98. The van der Waals surface area contributed by atoms with Crippen molar-refractivity contribution in [2.45, 2.75) is 35.7 Å². The summed E-state index contributed by atoms with van der Waals surface area (Å²) in [5.74, 6) is 0. The first-order chi connectivity index (χ1) is 10.3. The standard InChI is InChI=1S/C15H17N5S/c1-2-11(16)7-10-5-3-4-6-12(10)21-15-13-14(18-8-17-13)19-9-20-15/h3-6,8-9,11H,2,7,16H2,1H3,(H,17,18,19,20). The van der Waals surface area contributed by atoms with Crippen molar-refractivity contribution in [3.8, 4) is 0 Å². The molecule has 21 heavy (non-hydrogen) atoms. The minimum absolute atomic E-state index is 0.185. The number of nitrogens with one attached hydrogen (secondary N) is 1. The van der Waals surface area contributed by atoms with Gasteiger partial charge in [0, 0.05) is 10.9 Å². The van der Waals surface area contributed by atoms with E-state index in [1.165, 1.54) is 10.5 Å². The van der Waals surface area contributed by atoms with Crippen LogP contribution in [0.5, 0.6) is 0 Å². The Labute approximate surface area is 127 Å². The first-order valence-electron chi connectivity index (χ1n) is 6.93. The van der Waals surface area contributed by atoms with Gasteiger partial charge < -0.3 is 10.7 Å². The Kier molecular flexibility index (Phi) is 4.17. The highest BCUT2D eigenvalue weighted by Gasteiger charge is 2.11. The molecule has 0 aliphatic heterocycles. The van der Waals surface area contributed by atoms with Crippen LogP contribution in [0.4, 0.5) is 0 Å². The van der Waals surface area contributed by atoms with Crippen molar-refractivity contribution in [3.05, 3.63) is 42.5 Å². The molecule has 0 saturated carbocycles. The summed E-state index contributed by atoms with van der Waals surface area (Å²) >= 11 is 1.62. The van der Waals surface area contributed by atoms with E-state index in [0.717, 1.165) is 23.4 Å². The molecule has 0 aliphatic carbocycles. The number of hydrogen-bond donors (Lipinski definition) is 2. The number of H-pyrrole nitrogens is 1. The number of nitrogens with zero attached hydrogens (tertiary/aromatic N) is 3. The van der Waals surface area contributed by atoms with Gasteiger partial charge in [-0.25, -0.2) is 15.0 Å². The summed E-state index contributed by atoms with van der Waals surface area (Å²) in [5, 5.41) is 0.884. The summed E-state index contributed by atoms with van der Waals surface area (Å²) < 4.78 is 0. The third-order valence-electron chi connectivity index (χ3n) is 3.37. The van der Waals surface area contributed by atoms with Crippen molar-refractivity contribution in [1.29, 1.82) is 0 Å². The zero-order chi connectivity index (χ0) is 14.7. The Hall–Kier alpha value is -1.92. The summed E-state index contributed by atoms with van der Waals surface area (Å²) in [6, 6.07) is 8.50. The third kappa shape index (κ3) is 3.06. The predicted octanol–water partition coefficient (Wildman–Crippen LogP) is 2.78. The lowest BCUT2D eigenvalue weighted by Gasteiger charge is -2.12. The van der Waals surface area contributed by atoms with Crippen LogP contribution in [0.15, 0.2) is 46.8 Å². The fourth-order valence-electron chi connectivity index (χ4n) is 2.12. The predicted molar refractivity (Wildman–Crippen MR) is 84.2 cm³/mol. The number of nitrogens with two attached hydrogens (primary N) is 1. The topological polar surface area (TPSA) is 80.5 Å². The van der Waals surface area contributed by atoms with Crippen LogP contribution in [0.25, 0.3) is 11.2 Å². The quantitative estimate of drug-likeness (QED) is 0.708. The molecule has 3 N–H and O–H groups in total.